The number of hydrogen-bond donors (Lipinski definition) is 2. The summed E-state index contributed by atoms with van der Waals surface area (Å²) in [5.74, 6) is 1.97. The Morgan fingerprint density at radius 3 is 2.74 bits per heavy atom. The van der Waals surface area contributed by atoms with Crippen LogP contribution in [0.2, 0.25) is 0 Å². The number of hydrogen-bond acceptors (Lipinski definition) is 7. The molecule has 0 aliphatic carbocycles. The summed E-state index contributed by atoms with van der Waals surface area (Å²) < 4.78 is 1.85. The number of anilines is 3. The molecule has 0 radical (unpaired) electrons. The smallest absolute Gasteiger partial charge is 0.229 e. The molecule has 124 valence electrons. The van der Waals surface area contributed by atoms with Crippen LogP contribution in [-0.4, -0.2) is 44.6 Å². The van der Waals surface area contributed by atoms with Gasteiger partial charge in [0.25, 0.3) is 0 Å². The lowest BCUT2D eigenvalue weighted by molar-refractivity contribution is 0.267. The highest BCUT2D eigenvalue weighted by Gasteiger charge is 2.25. The van der Waals surface area contributed by atoms with E-state index in [0.29, 0.717) is 24.9 Å². The van der Waals surface area contributed by atoms with E-state index in [-0.39, 0.29) is 6.61 Å². The van der Waals surface area contributed by atoms with Crippen LogP contribution in [0.25, 0.3) is 0 Å². The topological polar surface area (TPSA) is 96.3 Å². The summed E-state index contributed by atoms with van der Waals surface area (Å²) in [6.07, 6.45) is 1.86. The van der Waals surface area contributed by atoms with E-state index >= 15 is 0 Å². The lowest BCUT2D eigenvalue weighted by Crippen LogP contribution is -2.26. The van der Waals surface area contributed by atoms with Gasteiger partial charge in [-0.3, -0.25) is 4.68 Å². The molecule has 3 heterocycles. The molecule has 3 N–H and O–H groups in total. The van der Waals surface area contributed by atoms with Crippen molar-refractivity contribution in [3.8, 4) is 0 Å². The largest absolute Gasteiger partial charge is 0.394 e. The Morgan fingerprint density at radius 1 is 1.26 bits per heavy atom. The molecule has 0 aromatic carbocycles. The maximum absolute atomic E-state index is 9.12. The quantitative estimate of drug-likeness (QED) is 0.806. The fourth-order valence-electron chi connectivity index (χ4n) is 2.91. The fraction of sp³-hybridized carbons (Fsp3) is 0.533. The normalized spacial score (nSPS) is 13.4. The third-order valence-corrected chi connectivity index (χ3v) is 4.14. The predicted octanol–water partition coefficient (Wildman–Crippen LogP) is 0.614. The van der Waals surface area contributed by atoms with Crippen molar-refractivity contribution in [1.82, 2.24) is 19.7 Å². The van der Waals surface area contributed by atoms with E-state index < -0.39 is 0 Å². The minimum Gasteiger partial charge on any atom is -0.394 e. The maximum Gasteiger partial charge on any atom is 0.229 e. The molecular weight excluding hydrogens is 294 g/mol. The van der Waals surface area contributed by atoms with Gasteiger partial charge in [-0.15, -0.1) is 0 Å². The first-order chi connectivity index (χ1) is 11.2. The Kier molecular flexibility index (Phi) is 4.33. The zero-order chi connectivity index (χ0) is 16.4. The Labute approximate surface area is 135 Å². The lowest BCUT2D eigenvalue weighted by Gasteiger charge is -2.22. The van der Waals surface area contributed by atoms with E-state index in [0.717, 1.165) is 31.1 Å². The van der Waals surface area contributed by atoms with Gasteiger partial charge in [-0.2, -0.15) is 15.1 Å². The number of aromatic nitrogens is 4. The Morgan fingerprint density at radius 2 is 2.04 bits per heavy atom. The van der Waals surface area contributed by atoms with Gasteiger partial charge in [-0.25, -0.2) is 0 Å². The van der Waals surface area contributed by atoms with Crippen molar-refractivity contribution >= 4 is 17.6 Å². The number of nitrogens with zero attached hydrogens (tertiary/aromatic N) is 6. The van der Waals surface area contributed by atoms with Gasteiger partial charge in [-0.1, -0.05) is 0 Å². The molecule has 8 nitrogen and oxygen atoms in total. The molecule has 1 aliphatic heterocycles. The Balaban J connectivity index is 1.86. The highest BCUT2D eigenvalue weighted by molar-refractivity contribution is 5.54. The van der Waals surface area contributed by atoms with Gasteiger partial charge >= 0.3 is 0 Å². The molecule has 0 saturated carbocycles. The van der Waals surface area contributed by atoms with Crippen molar-refractivity contribution in [3.05, 3.63) is 23.5 Å². The number of fused-ring (bicyclic) bond motifs is 1. The van der Waals surface area contributed by atoms with Gasteiger partial charge in [0.2, 0.25) is 5.95 Å². The average Bonchev–Trinajstić information content (AvgIpc) is 3.10. The van der Waals surface area contributed by atoms with Crippen molar-refractivity contribution < 1.29 is 5.11 Å². The third kappa shape index (κ3) is 2.94. The van der Waals surface area contributed by atoms with Crippen LogP contribution in [0, 0.1) is 0 Å². The summed E-state index contributed by atoms with van der Waals surface area (Å²) in [5.41, 5.74) is 8.27. The van der Waals surface area contributed by atoms with Crippen LogP contribution in [0.1, 0.15) is 25.1 Å². The predicted molar refractivity (Wildman–Crippen MR) is 89.2 cm³/mol. The summed E-state index contributed by atoms with van der Waals surface area (Å²) >= 11 is 0. The molecule has 0 atom stereocenters. The Bertz CT molecular complexity index is 680. The molecule has 0 spiro atoms. The van der Waals surface area contributed by atoms with Crippen LogP contribution in [0.4, 0.5) is 17.6 Å². The second-order valence-electron chi connectivity index (χ2n) is 5.54. The van der Waals surface area contributed by atoms with Crippen LogP contribution < -0.4 is 15.5 Å². The summed E-state index contributed by atoms with van der Waals surface area (Å²) in [5, 5.41) is 13.4. The lowest BCUT2D eigenvalue weighted by atomic mass is 10.3. The van der Waals surface area contributed by atoms with Crippen LogP contribution in [-0.2, 0) is 19.6 Å². The molecule has 2 aromatic rings. The van der Waals surface area contributed by atoms with E-state index in [1.807, 2.05) is 16.9 Å². The van der Waals surface area contributed by atoms with Crippen LogP contribution in [0.15, 0.2) is 12.3 Å². The molecule has 0 unspecified atom stereocenters. The highest BCUT2D eigenvalue weighted by atomic mass is 16.3. The number of aliphatic hydroxyl groups is 1. The standard InChI is InChI=1S/C15H23N7O/c1-3-20(4-2)15-18-13(16)7-14(19-15)21-9-11-8-17-22(5-6-23)12(11)10-21/h7-8,23H,3-6,9-10H2,1-2H3,(H2,16,18,19). The first kappa shape index (κ1) is 15.5. The molecule has 23 heavy (non-hydrogen) atoms. The zero-order valence-electron chi connectivity index (χ0n) is 13.6. The maximum atomic E-state index is 9.12. The monoisotopic (exact) mass is 317 g/mol. The minimum atomic E-state index is 0.0840. The van der Waals surface area contributed by atoms with Gasteiger partial charge in [0, 0.05) is 31.3 Å². The van der Waals surface area contributed by atoms with Gasteiger partial charge < -0.3 is 20.6 Å². The average molecular weight is 317 g/mol. The third-order valence-electron chi connectivity index (χ3n) is 4.14. The molecule has 3 rings (SSSR count). The molecule has 8 heteroatoms. The van der Waals surface area contributed by atoms with Crippen LogP contribution in [0.5, 0.6) is 0 Å². The summed E-state index contributed by atoms with van der Waals surface area (Å²) in [6.45, 7) is 7.88. The number of aliphatic hydroxyl groups excluding tert-OH is 1. The molecule has 2 aromatic heterocycles. The molecule has 0 saturated heterocycles. The molecule has 0 bridgehead atoms. The molecular formula is C15H23N7O. The first-order valence-corrected chi connectivity index (χ1v) is 7.95. The van der Waals surface area contributed by atoms with Gasteiger partial charge in [0.15, 0.2) is 0 Å². The van der Waals surface area contributed by atoms with Crippen molar-refractivity contribution in [2.75, 3.05) is 35.2 Å². The second-order valence-corrected chi connectivity index (χ2v) is 5.54. The van der Waals surface area contributed by atoms with Crippen molar-refractivity contribution in [2.45, 2.75) is 33.5 Å². The van der Waals surface area contributed by atoms with E-state index in [1.54, 1.807) is 0 Å². The molecule has 0 amide bonds. The summed E-state index contributed by atoms with van der Waals surface area (Å²) in [4.78, 5) is 13.3. The first-order valence-electron chi connectivity index (χ1n) is 7.95. The van der Waals surface area contributed by atoms with Crippen molar-refractivity contribution in [3.63, 3.8) is 0 Å². The van der Waals surface area contributed by atoms with Crippen molar-refractivity contribution in [2.24, 2.45) is 0 Å². The van der Waals surface area contributed by atoms with E-state index in [9.17, 15) is 0 Å². The molecule has 0 fully saturated rings. The van der Waals surface area contributed by atoms with Crippen LogP contribution in [0.3, 0.4) is 0 Å². The minimum absolute atomic E-state index is 0.0840. The van der Waals surface area contributed by atoms with Crippen LogP contribution >= 0.6 is 0 Å². The van der Waals surface area contributed by atoms with E-state index in [4.69, 9.17) is 10.8 Å². The van der Waals surface area contributed by atoms with E-state index in [2.05, 4.69) is 38.7 Å². The van der Waals surface area contributed by atoms with Gasteiger partial charge in [-0.05, 0) is 13.8 Å². The number of rotatable bonds is 6. The highest BCUT2D eigenvalue weighted by Crippen LogP contribution is 2.28. The van der Waals surface area contributed by atoms with Gasteiger partial charge in [0.1, 0.15) is 11.6 Å². The summed E-state index contributed by atoms with van der Waals surface area (Å²) in [6, 6.07) is 1.81. The van der Waals surface area contributed by atoms with Crippen molar-refractivity contribution in [1.29, 1.82) is 0 Å². The van der Waals surface area contributed by atoms with Gasteiger partial charge in [0.05, 0.1) is 31.6 Å². The van der Waals surface area contributed by atoms with E-state index in [1.165, 1.54) is 5.56 Å². The zero-order valence-corrected chi connectivity index (χ0v) is 13.6. The Hall–Kier alpha value is -2.35. The fourth-order valence-corrected chi connectivity index (χ4v) is 2.91. The number of nitrogens with two attached hydrogens (primary N) is 1. The SMILES string of the molecule is CCN(CC)c1nc(N)cc(N2Cc3cnn(CCO)c3C2)n1. The second kappa shape index (κ2) is 6.41. The summed E-state index contributed by atoms with van der Waals surface area (Å²) in [7, 11) is 0. The molecule has 1 aliphatic rings. The number of nitrogen functional groups attached to an aromatic ring is 1.